The van der Waals surface area contributed by atoms with Crippen molar-refractivity contribution in [2.75, 3.05) is 19.6 Å². The molecule has 0 saturated carbocycles. The van der Waals surface area contributed by atoms with Gasteiger partial charge in [-0.15, -0.1) is 0 Å². The molecule has 0 bridgehead atoms. The Morgan fingerprint density at radius 2 is 1.87 bits per heavy atom. The molecule has 1 aromatic rings. The zero-order chi connectivity index (χ0) is 11.1. The lowest BCUT2D eigenvalue weighted by atomic mass is 9.84. The van der Waals surface area contributed by atoms with E-state index in [0.29, 0.717) is 0 Å². The minimum Gasteiger partial charge on any atom is -0.330 e. The molecule has 0 aliphatic carbocycles. The standard InChI is InChI=1S/C13H22N2/c1-13(2,11-15-10-6-9-14)12-7-4-3-5-8-12/h3-5,7-8,15H,6,9-11,14H2,1-2H3. The van der Waals surface area contributed by atoms with E-state index < -0.39 is 0 Å². The first kappa shape index (κ1) is 12.2. The van der Waals surface area contributed by atoms with Gasteiger partial charge >= 0.3 is 0 Å². The lowest BCUT2D eigenvalue weighted by molar-refractivity contribution is 0.467. The number of nitrogens with one attached hydrogen (secondary N) is 1. The van der Waals surface area contributed by atoms with Crippen LogP contribution in [0, 0.1) is 0 Å². The van der Waals surface area contributed by atoms with E-state index in [1.165, 1.54) is 5.56 Å². The molecule has 0 unspecified atom stereocenters. The predicted octanol–water partition coefficient (Wildman–Crippen LogP) is 1.90. The third kappa shape index (κ3) is 4.02. The Hall–Kier alpha value is -0.860. The summed E-state index contributed by atoms with van der Waals surface area (Å²) in [6.45, 7) is 7.29. The van der Waals surface area contributed by atoms with E-state index in [0.717, 1.165) is 26.1 Å². The SMILES string of the molecule is CC(C)(CNCCCN)c1ccccc1. The van der Waals surface area contributed by atoms with Gasteiger partial charge in [0.05, 0.1) is 0 Å². The van der Waals surface area contributed by atoms with E-state index in [4.69, 9.17) is 5.73 Å². The van der Waals surface area contributed by atoms with Crippen LogP contribution >= 0.6 is 0 Å². The molecule has 0 amide bonds. The van der Waals surface area contributed by atoms with Crippen molar-refractivity contribution in [3.05, 3.63) is 35.9 Å². The second-order valence-corrected chi connectivity index (χ2v) is 4.57. The molecule has 1 aromatic carbocycles. The monoisotopic (exact) mass is 206 g/mol. The zero-order valence-electron chi connectivity index (χ0n) is 9.79. The van der Waals surface area contributed by atoms with Crippen LogP contribution < -0.4 is 11.1 Å². The molecule has 0 aliphatic heterocycles. The van der Waals surface area contributed by atoms with Gasteiger partial charge in [-0.3, -0.25) is 0 Å². The maximum atomic E-state index is 5.45. The van der Waals surface area contributed by atoms with Crippen molar-refractivity contribution in [2.24, 2.45) is 5.73 Å². The second kappa shape index (κ2) is 5.89. The minimum absolute atomic E-state index is 0.190. The van der Waals surface area contributed by atoms with Crippen LogP contribution in [0.4, 0.5) is 0 Å². The summed E-state index contributed by atoms with van der Waals surface area (Å²) < 4.78 is 0. The lowest BCUT2D eigenvalue weighted by Gasteiger charge is -2.25. The average molecular weight is 206 g/mol. The van der Waals surface area contributed by atoms with Gasteiger partial charge in [-0.2, -0.15) is 0 Å². The number of nitrogens with two attached hydrogens (primary N) is 1. The largest absolute Gasteiger partial charge is 0.330 e. The summed E-state index contributed by atoms with van der Waals surface area (Å²) in [7, 11) is 0. The smallest absolute Gasteiger partial charge is 0.00431 e. The van der Waals surface area contributed by atoms with Gasteiger partial charge in [0.1, 0.15) is 0 Å². The van der Waals surface area contributed by atoms with Crippen LogP contribution in [0.5, 0.6) is 0 Å². The van der Waals surface area contributed by atoms with Crippen molar-refractivity contribution in [3.63, 3.8) is 0 Å². The highest BCUT2D eigenvalue weighted by molar-refractivity contribution is 5.23. The molecule has 0 aromatic heterocycles. The van der Waals surface area contributed by atoms with Crippen LogP contribution in [0.1, 0.15) is 25.8 Å². The first-order chi connectivity index (χ1) is 7.17. The maximum Gasteiger partial charge on any atom is 0.00431 e. The first-order valence-electron chi connectivity index (χ1n) is 5.63. The summed E-state index contributed by atoms with van der Waals surface area (Å²) in [5.74, 6) is 0. The highest BCUT2D eigenvalue weighted by atomic mass is 14.9. The highest BCUT2D eigenvalue weighted by Gasteiger charge is 2.18. The molecule has 84 valence electrons. The molecule has 3 N–H and O–H groups in total. The highest BCUT2D eigenvalue weighted by Crippen LogP contribution is 2.21. The van der Waals surface area contributed by atoms with Crippen molar-refractivity contribution < 1.29 is 0 Å². The molecule has 0 atom stereocenters. The zero-order valence-corrected chi connectivity index (χ0v) is 9.79. The second-order valence-electron chi connectivity index (χ2n) is 4.57. The molecule has 0 aliphatic rings. The molecule has 0 radical (unpaired) electrons. The summed E-state index contributed by atoms with van der Waals surface area (Å²) in [6.07, 6.45) is 1.05. The number of hydrogen-bond donors (Lipinski definition) is 2. The van der Waals surface area contributed by atoms with E-state index in [2.05, 4.69) is 49.5 Å². The molecular weight excluding hydrogens is 184 g/mol. The Balaban J connectivity index is 2.45. The van der Waals surface area contributed by atoms with Gasteiger partial charge in [0.15, 0.2) is 0 Å². The minimum atomic E-state index is 0.190. The van der Waals surface area contributed by atoms with Gasteiger partial charge < -0.3 is 11.1 Å². The molecule has 0 spiro atoms. The van der Waals surface area contributed by atoms with Crippen molar-refractivity contribution in [3.8, 4) is 0 Å². The molecule has 2 nitrogen and oxygen atoms in total. The van der Waals surface area contributed by atoms with E-state index in [-0.39, 0.29) is 5.41 Å². The van der Waals surface area contributed by atoms with Gasteiger partial charge in [0.25, 0.3) is 0 Å². The summed E-state index contributed by atoms with van der Waals surface area (Å²) in [5.41, 5.74) is 7.02. The Bertz CT molecular complexity index is 267. The van der Waals surface area contributed by atoms with Gasteiger partial charge in [-0.05, 0) is 25.1 Å². The molecule has 1 rings (SSSR count). The molecule has 0 fully saturated rings. The van der Waals surface area contributed by atoms with Gasteiger partial charge in [0, 0.05) is 12.0 Å². The lowest BCUT2D eigenvalue weighted by Crippen LogP contribution is -2.34. The summed E-state index contributed by atoms with van der Waals surface area (Å²) in [5, 5.41) is 3.45. The molecule has 2 heteroatoms. The van der Waals surface area contributed by atoms with Gasteiger partial charge in [0.2, 0.25) is 0 Å². The van der Waals surface area contributed by atoms with Crippen LogP contribution in [0.25, 0.3) is 0 Å². The topological polar surface area (TPSA) is 38.0 Å². The van der Waals surface area contributed by atoms with Crippen LogP contribution in [-0.2, 0) is 5.41 Å². The van der Waals surface area contributed by atoms with Crippen LogP contribution in [0.3, 0.4) is 0 Å². The fraction of sp³-hybridized carbons (Fsp3) is 0.538. The fourth-order valence-corrected chi connectivity index (χ4v) is 1.62. The maximum absolute atomic E-state index is 5.45. The van der Waals surface area contributed by atoms with Crippen LogP contribution in [-0.4, -0.2) is 19.6 Å². The molecular formula is C13H22N2. The number of rotatable bonds is 6. The Morgan fingerprint density at radius 3 is 2.47 bits per heavy atom. The van der Waals surface area contributed by atoms with Crippen LogP contribution in [0.15, 0.2) is 30.3 Å². The summed E-state index contributed by atoms with van der Waals surface area (Å²) in [4.78, 5) is 0. The number of hydrogen-bond acceptors (Lipinski definition) is 2. The van der Waals surface area contributed by atoms with Crippen molar-refractivity contribution >= 4 is 0 Å². The third-order valence-corrected chi connectivity index (χ3v) is 2.68. The first-order valence-corrected chi connectivity index (χ1v) is 5.63. The van der Waals surface area contributed by atoms with Gasteiger partial charge in [-0.25, -0.2) is 0 Å². The van der Waals surface area contributed by atoms with Crippen molar-refractivity contribution in [1.29, 1.82) is 0 Å². The van der Waals surface area contributed by atoms with Crippen LogP contribution in [0.2, 0.25) is 0 Å². The van der Waals surface area contributed by atoms with Gasteiger partial charge in [-0.1, -0.05) is 44.2 Å². The quantitative estimate of drug-likeness (QED) is 0.698. The summed E-state index contributed by atoms with van der Waals surface area (Å²) >= 11 is 0. The van der Waals surface area contributed by atoms with E-state index in [9.17, 15) is 0 Å². The van der Waals surface area contributed by atoms with E-state index in [1.807, 2.05) is 0 Å². The van der Waals surface area contributed by atoms with E-state index in [1.54, 1.807) is 0 Å². The molecule has 0 heterocycles. The van der Waals surface area contributed by atoms with Crippen molar-refractivity contribution in [1.82, 2.24) is 5.32 Å². The predicted molar refractivity (Wildman–Crippen MR) is 66.0 cm³/mol. The Morgan fingerprint density at radius 1 is 1.20 bits per heavy atom. The number of benzene rings is 1. The average Bonchev–Trinajstić information content (AvgIpc) is 2.26. The van der Waals surface area contributed by atoms with Crippen molar-refractivity contribution in [2.45, 2.75) is 25.7 Å². The molecule has 0 saturated heterocycles. The fourth-order valence-electron chi connectivity index (χ4n) is 1.62. The van der Waals surface area contributed by atoms with E-state index >= 15 is 0 Å². The normalized spacial score (nSPS) is 11.7. The summed E-state index contributed by atoms with van der Waals surface area (Å²) in [6, 6.07) is 10.6. The molecule has 15 heavy (non-hydrogen) atoms. The third-order valence-electron chi connectivity index (χ3n) is 2.68. The Labute approximate surface area is 92.9 Å². The Kier molecular flexibility index (Phi) is 4.79.